The first-order valence-electron chi connectivity index (χ1n) is 7.48. The minimum absolute atomic E-state index is 0.140. The van der Waals surface area contributed by atoms with Gasteiger partial charge in [0, 0.05) is 18.4 Å². The Labute approximate surface area is 142 Å². The summed E-state index contributed by atoms with van der Waals surface area (Å²) in [6.07, 6.45) is 1.44. The lowest BCUT2D eigenvalue weighted by Gasteiger charge is -2.07. The van der Waals surface area contributed by atoms with E-state index in [1.54, 1.807) is 18.2 Å². The zero-order valence-electron chi connectivity index (χ0n) is 13.0. The fourth-order valence-corrected chi connectivity index (χ4v) is 2.12. The lowest BCUT2D eigenvalue weighted by Crippen LogP contribution is -2.15. The van der Waals surface area contributed by atoms with E-state index >= 15 is 0 Å². The van der Waals surface area contributed by atoms with Crippen molar-refractivity contribution in [3.8, 4) is 0 Å². The minimum atomic E-state index is -0.474. The van der Waals surface area contributed by atoms with Crippen LogP contribution in [-0.2, 0) is 6.54 Å². The van der Waals surface area contributed by atoms with E-state index in [2.05, 4.69) is 20.6 Å². The number of carbonyl (C=O) groups excluding carboxylic acids is 1. The number of hydrogen-bond acceptors (Lipinski definition) is 4. The average Bonchev–Trinajstić information content (AvgIpc) is 2.61. The molecule has 3 aromatic rings. The molecule has 1 heterocycles. The van der Waals surface area contributed by atoms with E-state index in [4.69, 9.17) is 0 Å². The third kappa shape index (κ3) is 4.57. The minimum Gasteiger partial charge on any atom is -0.350 e. The Morgan fingerprint density at radius 2 is 1.80 bits per heavy atom. The third-order valence-corrected chi connectivity index (χ3v) is 3.33. The van der Waals surface area contributed by atoms with Crippen LogP contribution in [0.2, 0.25) is 0 Å². The molecule has 0 unspecified atom stereocenters. The highest BCUT2D eigenvalue weighted by Crippen LogP contribution is 2.11. The molecular formula is C18H14F2N4O. The van der Waals surface area contributed by atoms with Crippen molar-refractivity contribution in [1.29, 1.82) is 0 Å². The fraction of sp³-hybridized carbons (Fsp3) is 0.0556. The van der Waals surface area contributed by atoms with Gasteiger partial charge in [0.1, 0.15) is 17.3 Å². The summed E-state index contributed by atoms with van der Waals surface area (Å²) in [4.78, 5) is 20.4. The zero-order valence-corrected chi connectivity index (χ0v) is 13.0. The molecule has 7 heteroatoms. The molecule has 0 bridgehead atoms. The van der Waals surface area contributed by atoms with E-state index in [1.807, 2.05) is 0 Å². The lowest BCUT2D eigenvalue weighted by atomic mass is 10.2. The summed E-state index contributed by atoms with van der Waals surface area (Å²) in [5, 5.41) is 5.53. The number of amides is 1. The van der Waals surface area contributed by atoms with Gasteiger partial charge in [-0.05, 0) is 42.0 Å². The van der Waals surface area contributed by atoms with Crippen LogP contribution in [0.15, 0.2) is 60.8 Å². The number of nitrogens with zero attached hydrogens (tertiary/aromatic N) is 2. The van der Waals surface area contributed by atoms with Crippen LogP contribution in [0.4, 0.5) is 20.4 Å². The first-order valence-corrected chi connectivity index (χ1v) is 7.48. The van der Waals surface area contributed by atoms with Crippen molar-refractivity contribution < 1.29 is 13.6 Å². The molecule has 2 N–H and O–H groups in total. The zero-order chi connectivity index (χ0) is 17.6. The van der Waals surface area contributed by atoms with Crippen molar-refractivity contribution in [1.82, 2.24) is 9.97 Å². The van der Waals surface area contributed by atoms with Crippen molar-refractivity contribution in [2.45, 2.75) is 6.54 Å². The maximum atomic E-state index is 13.2. The number of halogens is 2. The summed E-state index contributed by atoms with van der Waals surface area (Å²) >= 11 is 0. The fourth-order valence-electron chi connectivity index (χ4n) is 2.12. The second-order valence-corrected chi connectivity index (χ2v) is 5.21. The number of benzene rings is 2. The monoisotopic (exact) mass is 340 g/mol. The first-order chi connectivity index (χ1) is 12.1. The predicted octanol–water partition coefficient (Wildman–Crippen LogP) is 3.62. The van der Waals surface area contributed by atoms with E-state index in [0.29, 0.717) is 12.2 Å². The Morgan fingerprint density at radius 3 is 2.56 bits per heavy atom. The molecule has 5 nitrogen and oxygen atoms in total. The number of nitrogens with one attached hydrogen (secondary N) is 2. The topological polar surface area (TPSA) is 66.9 Å². The van der Waals surface area contributed by atoms with Crippen LogP contribution in [0.5, 0.6) is 0 Å². The molecule has 1 aromatic heterocycles. The van der Waals surface area contributed by atoms with E-state index in [9.17, 15) is 13.6 Å². The van der Waals surface area contributed by atoms with Gasteiger partial charge in [-0.1, -0.05) is 18.2 Å². The maximum absolute atomic E-state index is 13.2. The molecular weight excluding hydrogens is 326 g/mol. The van der Waals surface area contributed by atoms with E-state index < -0.39 is 11.7 Å². The highest BCUT2D eigenvalue weighted by Gasteiger charge is 2.09. The molecule has 0 aliphatic rings. The van der Waals surface area contributed by atoms with Gasteiger partial charge in [-0.2, -0.15) is 0 Å². The second kappa shape index (κ2) is 7.48. The maximum Gasteiger partial charge on any atom is 0.274 e. The molecule has 2 aromatic carbocycles. The van der Waals surface area contributed by atoms with E-state index in [1.165, 1.54) is 42.6 Å². The molecule has 1 amide bonds. The van der Waals surface area contributed by atoms with Crippen molar-refractivity contribution >= 4 is 17.5 Å². The van der Waals surface area contributed by atoms with Gasteiger partial charge in [0.15, 0.2) is 0 Å². The van der Waals surface area contributed by atoms with Crippen molar-refractivity contribution in [3.05, 3.63) is 83.7 Å². The Kier molecular flexibility index (Phi) is 4.94. The predicted molar refractivity (Wildman–Crippen MR) is 90.1 cm³/mol. The molecule has 0 saturated carbocycles. The van der Waals surface area contributed by atoms with Crippen LogP contribution < -0.4 is 10.6 Å². The molecule has 0 aliphatic heterocycles. The first kappa shape index (κ1) is 16.5. The van der Waals surface area contributed by atoms with Gasteiger partial charge in [0.2, 0.25) is 5.95 Å². The lowest BCUT2D eigenvalue weighted by molar-refractivity contribution is 0.102. The molecule has 25 heavy (non-hydrogen) atoms. The Bertz CT molecular complexity index is 884. The summed E-state index contributed by atoms with van der Waals surface area (Å²) < 4.78 is 26.0. The van der Waals surface area contributed by atoms with Gasteiger partial charge >= 0.3 is 0 Å². The van der Waals surface area contributed by atoms with Gasteiger partial charge in [-0.25, -0.2) is 18.7 Å². The highest BCUT2D eigenvalue weighted by atomic mass is 19.1. The largest absolute Gasteiger partial charge is 0.350 e. The molecule has 0 radical (unpaired) electrons. The number of hydrogen-bond donors (Lipinski definition) is 2. The average molecular weight is 340 g/mol. The second-order valence-electron chi connectivity index (χ2n) is 5.21. The van der Waals surface area contributed by atoms with Gasteiger partial charge in [0.05, 0.1) is 0 Å². The molecule has 0 saturated heterocycles. The molecule has 0 fully saturated rings. The number of carbonyl (C=O) groups is 1. The summed E-state index contributed by atoms with van der Waals surface area (Å²) in [6.45, 7) is 0.384. The molecule has 0 aliphatic carbocycles. The molecule has 0 atom stereocenters. The van der Waals surface area contributed by atoms with E-state index in [0.717, 1.165) is 5.56 Å². The summed E-state index contributed by atoms with van der Waals surface area (Å²) in [5.74, 6) is -0.966. The number of rotatable bonds is 5. The van der Waals surface area contributed by atoms with Crippen LogP contribution in [-0.4, -0.2) is 15.9 Å². The Hall–Kier alpha value is -3.35. The third-order valence-electron chi connectivity index (χ3n) is 3.33. The van der Waals surface area contributed by atoms with Gasteiger partial charge in [-0.15, -0.1) is 0 Å². The van der Waals surface area contributed by atoms with Gasteiger partial charge in [-0.3, -0.25) is 4.79 Å². The summed E-state index contributed by atoms with van der Waals surface area (Å²) in [5.41, 5.74) is 1.32. The van der Waals surface area contributed by atoms with Crippen molar-refractivity contribution in [3.63, 3.8) is 0 Å². The van der Waals surface area contributed by atoms with Crippen LogP contribution in [0, 0.1) is 11.6 Å². The smallest absolute Gasteiger partial charge is 0.274 e. The van der Waals surface area contributed by atoms with E-state index in [-0.39, 0.29) is 17.5 Å². The highest BCUT2D eigenvalue weighted by molar-refractivity contribution is 6.02. The Morgan fingerprint density at radius 1 is 1.00 bits per heavy atom. The molecule has 3 rings (SSSR count). The van der Waals surface area contributed by atoms with Crippen LogP contribution >= 0.6 is 0 Å². The van der Waals surface area contributed by atoms with Crippen LogP contribution in [0.3, 0.4) is 0 Å². The summed E-state index contributed by atoms with van der Waals surface area (Å²) in [7, 11) is 0. The Balaban J connectivity index is 1.66. The molecule has 0 spiro atoms. The normalized spacial score (nSPS) is 10.3. The van der Waals surface area contributed by atoms with Gasteiger partial charge in [0.25, 0.3) is 5.91 Å². The van der Waals surface area contributed by atoms with Crippen molar-refractivity contribution in [2.75, 3.05) is 10.6 Å². The van der Waals surface area contributed by atoms with Gasteiger partial charge < -0.3 is 10.6 Å². The number of anilines is 2. The van der Waals surface area contributed by atoms with Crippen LogP contribution in [0.25, 0.3) is 0 Å². The van der Waals surface area contributed by atoms with Crippen molar-refractivity contribution in [2.24, 2.45) is 0 Å². The van der Waals surface area contributed by atoms with Crippen LogP contribution in [0.1, 0.15) is 16.1 Å². The standard InChI is InChI=1S/C18H14F2N4O/c19-13-6-4-12(5-7-13)11-22-18-21-9-8-16(24-18)17(25)23-15-3-1-2-14(20)10-15/h1-10H,11H2,(H,23,25)(H,21,22,24). The molecule has 126 valence electrons. The number of aromatic nitrogens is 2. The summed E-state index contributed by atoms with van der Waals surface area (Å²) in [6, 6.07) is 13.0. The quantitative estimate of drug-likeness (QED) is 0.744. The SMILES string of the molecule is O=C(Nc1cccc(F)c1)c1ccnc(NCc2ccc(F)cc2)n1.